The number of likely N-dealkylation sites (N-methyl/N-ethyl adjacent to an activating group) is 1. The predicted molar refractivity (Wildman–Crippen MR) is 110 cm³/mol. The van der Waals surface area contributed by atoms with Crippen LogP contribution in [0.15, 0.2) is 64.5 Å². The van der Waals surface area contributed by atoms with E-state index in [9.17, 15) is 18.0 Å². The summed E-state index contributed by atoms with van der Waals surface area (Å²) in [6.07, 6.45) is 1.15. The summed E-state index contributed by atoms with van der Waals surface area (Å²) in [4.78, 5) is 30.9. The Kier molecular flexibility index (Phi) is 5.69. The number of amidine groups is 1. The first-order valence-electron chi connectivity index (χ1n) is 8.95. The highest BCUT2D eigenvalue weighted by molar-refractivity contribution is 7.90. The molecule has 0 bridgehead atoms. The average molecular weight is 414 g/mol. The van der Waals surface area contributed by atoms with E-state index in [0.29, 0.717) is 5.69 Å². The summed E-state index contributed by atoms with van der Waals surface area (Å²) in [7, 11) is -1.65. The number of hydrogen-bond acceptors (Lipinski definition) is 6. The number of aliphatic imine (C=N–C) groups is 1. The first-order valence-corrected chi connectivity index (χ1v) is 10.8. The Balaban J connectivity index is 1.76. The molecule has 0 saturated heterocycles. The van der Waals surface area contributed by atoms with Crippen molar-refractivity contribution in [3.63, 3.8) is 0 Å². The lowest BCUT2D eigenvalue weighted by molar-refractivity contribution is -0.125. The number of anilines is 1. The number of rotatable bonds is 5. The fourth-order valence-electron chi connectivity index (χ4n) is 2.88. The van der Waals surface area contributed by atoms with E-state index in [2.05, 4.69) is 10.4 Å². The number of carbonyl (C=O) groups is 2. The molecule has 0 unspecified atom stereocenters. The van der Waals surface area contributed by atoms with Crippen molar-refractivity contribution < 1.29 is 18.0 Å². The molecule has 9 heteroatoms. The molecule has 1 atom stereocenters. The molecule has 2 aromatic carbocycles. The SMILES string of the molecule is C[C@H](c1ccc(S(C)(=O)=O)cc1)N(C)C(=O)C1=NCC(=O)N(c2ccccc2)N1. The van der Waals surface area contributed by atoms with E-state index < -0.39 is 9.84 Å². The maximum atomic E-state index is 12.9. The van der Waals surface area contributed by atoms with Gasteiger partial charge in [-0.2, -0.15) is 0 Å². The summed E-state index contributed by atoms with van der Waals surface area (Å²) in [5.74, 6) is -0.575. The van der Waals surface area contributed by atoms with Gasteiger partial charge < -0.3 is 4.90 Å². The van der Waals surface area contributed by atoms with Crippen molar-refractivity contribution in [1.82, 2.24) is 10.3 Å². The van der Waals surface area contributed by atoms with Crippen molar-refractivity contribution in [2.45, 2.75) is 17.9 Å². The summed E-state index contributed by atoms with van der Waals surface area (Å²) in [5.41, 5.74) is 4.19. The number of nitrogens with zero attached hydrogens (tertiary/aromatic N) is 3. The van der Waals surface area contributed by atoms with Gasteiger partial charge in [-0.3, -0.25) is 20.0 Å². The van der Waals surface area contributed by atoms with E-state index in [4.69, 9.17) is 0 Å². The zero-order valence-electron chi connectivity index (χ0n) is 16.4. The molecule has 0 radical (unpaired) electrons. The van der Waals surface area contributed by atoms with Crippen molar-refractivity contribution >= 4 is 33.2 Å². The van der Waals surface area contributed by atoms with Crippen molar-refractivity contribution in [2.24, 2.45) is 4.99 Å². The molecule has 152 valence electrons. The van der Waals surface area contributed by atoms with Crippen LogP contribution in [0.1, 0.15) is 18.5 Å². The lowest BCUT2D eigenvalue weighted by Crippen LogP contribution is -2.56. The zero-order valence-corrected chi connectivity index (χ0v) is 17.2. The van der Waals surface area contributed by atoms with Crippen LogP contribution in [0.3, 0.4) is 0 Å². The molecule has 1 aliphatic rings. The summed E-state index contributed by atoms with van der Waals surface area (Å²) in [5, 5.41) is 1.31. The lowest BCUT2D eigenvalue weighted by Gasteiger charge is -2.31. The Morgan fingerprint density at radius 1 is 1.14 bits per heavy atom. The Bertz CT molecular complexity index is 1050. The fraction of sp³-hybridized carbons (Fsp3) is 0.250. The first kappa shape index (κ1) is 20.5. The van der Waals surface area contributed by atoms with E-state index >= 15 is 0 Å². The highest BCUT2D eigenvalue weighted by Crippen LogP contribution is 2.21. The second-order valence-electron chi connectivity index (χ2n) is 6.77. The molecule has 3 rings (SSSR count). The van der Waals surface area contributed by atoms with Gasteiger partial charge in [0, 0.05) is 13.3 Å². The van der Waals surface area contributed by atoms with Crippen LogP contribution in [-0.2, 0) is 19.4 Å². The Hall–Kier alpha value is -3.20. The number of amides is 2. The van der Waals surface area contributed by atoms with Crippen LogP contribution in [0.2, 0.25) is 0 Å². The maximum Gasteiger partial charge on any atom is 0.290 e. The largest absolute Gasteiger partial charge is 0.332 e. The van der Waals surface area contributed by atoms with Gasteiger partial charge in [-0.05, 0) is 36.8 Å². The molecule has 0 saturated carbocycles. The topological polar surface area (TPSA) is 99.1 Å². The van der Waals surface area contributed by atoms with Gasteiger partial charge in [-0.15, -0.1) is 0 Å². The average Bonchev–Trinajstić information content (AvgIpc) is 2.72. The van der Waals surface area contributed by atoms with Crippen LogP contribution in [0.5, 0.6) is 0 Å². The Morgan fingerprint density at radius 3 is 2.34 bits per heavy atom. The van der Waals surface area contributed by atoms with Crippen molar-refractivity contribution in [1.29, 1.82) is 0 Å². The van der Waals surface area contributed by atoms with Gasteiger partial charge in [0.2, 0.25) is 5.84 Å². The van der Waals surface area contributed by atoms with E-state index in [0.717, 1.165) is 11.8 Å². The van der Waals surface area contributed by atoms with E-state index in [-0.39, 0.29) is 35.1 Å². The minimum atomic E-state index is -3.28. The third-order valence-electron chi connectivity index (χ3n) is 4.75. The summed E-state index contributed by atoms with van der Waals surface area (Å²) < 4.78 is 23.2. The molecule has 8 nitrogen and oxygen atoms in total. The minimum absolute atomic E-state index is 0.0653. The van der Waals surface area contributed by atoms with Gasteiger partial charge in [0.1, 0.15) is 6.54 Å². The summed E-state index contributed by atoms with van der Waals surface area (Å²) in [6.45, 7) is 1.70. The quantitative estimate of drug-likeness (QED) is 0.801. The first-order chi connectivity index (χ1) is 13.7. The molecular weight excluding hydrogens is 392 g/mol. The van der Waals surface area contributed by atoms with E-state index in [1.165, 1.54) is 22.0 Å². The number of benzene rings is 2. The smallest absolute Gasteiger partial charge is 0.290 e. The molecule has 0 fully saturated rings. The van der Waals surface area contributed by atoms with Gasteiger partial charge in [-0.1, -0.05) is 30.3 Å². The highest BCUT2D eigenvalue weighted by atomic mass is 32.2. The third kappa shape index (κ3) is 4.45. The number of para-hydroxylation sites is 1. The van der Waals surface area contributed by atoms with Crippen LogP contribution in [0, 0.1) is 0 Å². The molecule has 1 aliphatic heterocycles. The predicted octanol–water partition coefficient (Wildman–Crippen LogP) is 1.56. The number of sulfone groups is 1. The number of hydrazine groups is 1. The minimum Gasteiger partial charge on any atom is -0.332 e. The lowest BCUT2D eigenvalue weighted by atomic mass is 10.1. The van der Waals surface area contributed by atoms with Gasteiger partial charge in [-0.25, -0.2) is 13.4 Å². The second kappa shape index (κ2) is 8.04. The highest BCUT2D eigenvalue weighted by Gasteiger charge is 2.29. The number of hydrogen-bond donors (Lipinski definition) is 1. The maximum absolute atomic E-state index is 12.9. The van der Waals surface area contributed by atoms with Crippen molar-refractivity contribution in [2.75, 3.05) is 24.9 Å². The van der Waals surface area contributed by atoms with Crippen molar-refractivity contribution in [3.05, 3.63) is 60.2 Å². The molecule has 2 amide bonds. The van der Waals surface area contributed by atoms with Crippen LogP contribution < -0.4 is 10.4 Å². The van der Waals surface area contributed by atoms with E-state index in [1.807, 2.05) is 13.0 Å². The van der Waals surface area contributed by atoms with Gasteiger partial charge >= 0.3 is 0 Å². The Labute approximate surface area is 169 Å². The zero-order chi connectivity index (χ0) is 21.2. The number of carbonyl (C=O) groups excluding carboxylic acids is 2. The van der Waals surface area contributed by atoms with E-state index in [1.54, 1.807) is 43.4 Å². The molecule has 0 aliphatic carbocycles. The number of nitrogens with one attached hydrogen (secondary N) is 1. The van der Waals surface area contributed by atoms with Crippen molar-refractivity contribution in [3.8, 4) is 0 Å². The van der Waals surface area contributed by atoms with Crippen LogP contribution in [-0.4, -0.2) is 50.8 Å². The third-order valence-corrected chi connectivity index (χ3v) is 5.88. The van der Waals surface area contributed by atoms with Crippen LogP contribution in [0.25, 0.3) is 0 Å². The summed E-state index contributed by atoms with van der Waals surface area (Å²) >= 11 is 0. The molecular formula is C20H22N4O4S. The van der Waals surface area contributed by atoms with Crippen LogP contribution >= 0.6 is 0 Å². The summed E-state index contributed by atoms with van der Waals surface area (Å²) in [6, 6.07) is 15.0. The fourth-order valence-corrected chi connectivity index (χ4v) is 3.51. The van der Waals surface area contributed by atoms with Gasteiger partial charge in [0.25, 0.3) is 11.8 Å². The monoisotopic (exact) mass is 414 g/mol. The molecule has 29 heavy (non-hydrogen) atoms. The van der Waals surface area contributed by atoms with Crippen LogP contribution in [0.4, 0.5) is 5.69 Å². The Morgan fingerprint density at radius 2 is 1.76 bits per heavy atom. The second-order valence-corrected chi connectivity index (χ2v) is 8.79. The molecule has 2 aromatic rings. The molecule has 0 aromatic heterocycles. The standard InChI is InChI=1S/C20H22N4O4S/c1-14(15-9-11-17(12-10-15)29(3,27)28)23(2)20(26)19-21-13-18(25)24(22-19)16-7-5-4-6-8-16/h4-12,14H,13H2,1-3H3,(H,21,22)/t14-/m1/s1. The molecule has 1 heterocycles. The molecule has 1 N–H and O–H groups in total. The van der Waals surface area contributed by atoms with Gasteiger partial charge in [0.15, 0.2) is 9.84 Å². The normalized spacial score (nSPS) is 15.3. The molecule has 0 spiro atoms. The van der Waals surface area contributed by atoms with Gasteiger partial charge in [0.05, 0.1) is 16.6 Å².